The van der Waals surface area contributed by atoms with E-state index in [0.717, 1.165) is 5.65 Å². The summed E-state index contributed by atoms with van der Waals surface area (Å²) < 4.78 is 0. The molecule has 0 bridgehead atoms. The van der Waals surface area contributed by atoms with Crippen LogP contribution in [0.25, 0.3) is 16.6 Å². The second-order valence-electron chi connectivity index (χ2n) is 4.08. The number of pyridine rings is 1. The number of hydrogen-bond donors (Lipinski definition) is 1. The number of aromatic amines is 1. The summed E-state index contributed by atoms with van der Waals surface area (Å²) >= 11 is 0. The number of nitrogens with one attached hydrogen (secondary N) is 1. The Morgan fingerprint density at radius 1 is 1.27 bits per heavy atom. The molecule has 0 unspecified atom stereocenters. The minimum Gasteiger partial charge on any atom is -0.346 e. The van der Waals surface area contributed by atoms with Crippen molar-refractivity contribution in [3.8, 4) is 0 Å². The van der Waals surface area contributed by atoms with Gasteiger partial charge in [-0.1, -0.05) is 6.08 Å². The Bertz CT molecular complexity index is 508. The molecule has 15 heavy (non-hydrogen) atoms. The van der Waals surface area contributed by atoms with E-state index >= 15 is 0 Å². The Morgan fingerprint density at radius 3 is 3.13 bits per heavy atom. The fourth-order valence-electron chi connectivity index (χ4n) is 2.30. The molecule has 0 aliphatic heterocycles. The minimum atomic E-state index is 0.999. The van der Waals surface area contributed by atoms with E-state index < -0.39 is 0 Å². The van der Waals surface area contributed by atoms with Gasteiger partial charge in [-0.25, -0.2) is 4.98 Å². The van der Waals surface area contributed by atoms with E-state index in [1.807, 2.05) is 12.3 Å². The van der Waals surface area contributed by atoms with Crippen LogP contribution in [0.15, 0.2) is 30.6 Å². The molecule has 2 aromatic heterocycles. The maximum atomic E-state index is 4.31. The zero-order chi connectivity index (χ0) is 10.1. The number of H-pyrrole nitrogens is 1. The van der Waals surface area contributed by atoms with Crippen LogP contribution < -0.4 is 0 Å². The maximum Gasteiger partial charge on any atom is 0.137 e. The van der Waals surface area contributed by atoms with Crippen LogP contribution in [-0.2, 0) is 0 Å². The molecular formula is C13H14N2. The van der Waals surface area contributed by atoms with Gasteiger partial charge in [-0.15, -0.1) is 0 Å². The molecule has 0 aromatic carbocycles. The monoisotopic (exact) mass is 198 g/mol. The quantitative estimate of drug-likeness (QED) is 0.746. The largest absolute Gasteiger partial charge is 0.346 e. The van der Waals surface area contributed by atoms with Crippen molar-refractivity contribution < 1.29 is 0 Å². The lowest BCUT2D eigenvalue weighted by atomic mass is 9.94. The molecule has 0 amide bonds. The normalized spacial score (nSPS) is 16.7. The van der Waals surface area contributed by atoms with E-state index in [-0.39, 0.29) is 0 Å². The third kappa shape index (κ3) is 1.46. The Labute approximate surface area is 89.0 Å². The SMILES string of the molecule is C1=C(c2c[nH]c3ncccc23)CCCC1. The van der Waals surface area contributed by atoms with Crippen molar-refractivity contribution >= 4 is 16.6 Å². The van der Waals surface area contributed by atoms with Crippen LogP contribution >= 0.6 is 0 Å². The van der Waals surface area contributed by atoms with Gasteiger partial charge in [0, 0.05) is 23.3 Å². The van der Waals surface area contributed by atoms with Gasteiger partial charge >= 0.3 is 0 Å². The third-order valence-corrected chi connectivity index (χ3v) is 3.09. The highest BCUT2D eigenvalue weighted by Gasteiger charge is 2.10. The highest BCUT2D eigenvalue weighted by molar-refractivity contribution is 5.90. The predicted molar refractivity (Wildman–Crippen MR) is 62.5 cm³/mol. The molecule has 0 radical (unpaired) electrons. The van der Waals surface area contributed by atoms with E-state index in [2.05, 4.69) is 28.3 Å². The van der Waals surface area contributed by atoms with Crippen LogP contribution in [-0.4, -0.2) is 9.97 Å². The summed E-state index contributed by atoms with van der Waals surface area (Å²) in [5.41, 5.74) is 3.83. The van der Waals surface area contributed by atoms with Crippen molar-refractivity contribution in [2.75, 3.05) is 0 Å². The predicted octanol–water partition coefficient (Wildman–Crippen LogP) is 3.52. The van der Waals surface area contributed by atoms with Crippen molar-refractivity contribution in [1.82, 2.24) is 9.97 Å². The van der Waals surface area contributed by atoms with Gasteiger partial charge in [-0.05, 0) is 43.4 Å². The van der Waals surface area contributed by atoms with Crippen molar-refractivity contribution in [3.63, 3.8) is 0 Å². The molecule has 0 fully saturated rings. The number of hydrogen-bond acceptors (Lipinski definition) is 1. The first-order valence-electron chi connectivity index (χ1n) is 5.56. The molecule has 1 N–H and O–H groups in total. The second kappa shape index (κ2) is 3.54. The highest BCUT2D eigenvalue weighted by atomic mass is 14.8. The summed E-state index contributed by atoms with van der Waals surface area (Å²) in [5, 5.41) is 1.26. The molecule has 3 rings (SSSR count). The molecule has 0 spiro atoms. The first kappa shape index (κ1) is 8.72. The van der Waals surface area contributed by atoms with Crippen molar-refractivity contribution in [2.24, 2.45) is 0 Å². The van der Waals surface area contributed by atoms with Crippen LogP contribution in [0.2, 0.25) is 0 Å². The third-order valence-electron chi connectivity index (χ3n) is 3.09. The van der Waals surface area contributed by atoms with Gasteiger partial charge < -0.3 is 4.98 Å². The Kier molecular flexibility index (Phi) is 2.05. The van der Waals surface area contributed by atoms with Gasteiger partial charge in [0.2, 0.25) is 0 Å². The molecule has 0 saturated carbocycles. The lowest BCUT2D eigenvalue weighted by molar-refractivity contribution is 0.742. The number of rotatable bonds is 1. The minimum absolute atomic E-state index is 0.999. The molecule has 1 aliphatic rings. The summed E-state index contributed by atoms with van der Waals surface area (Å²) in [6, 6.07) is 4.15. The average Bonchev–Trinajstić information content (AvgIpc) is 2.74. The zero-order valence-corrected chi connectivity index (χ0v) is 8.66. The summed E-state index contributed by atoms with van der Waals surface area (Å²) in [5.74, 6) is 0. The smallest absolute Gasteiger partial charge is 0.137 e. The summed E-state index contributed by atoms with van der Waals surface area (Å²) in [6.07, 6.45) is 11.4. The Morgan fingerprint density at radius 2 is 2.27 bits per heavy atom. The number of allylic oxidation sites excluding steroid dienone is 2. The maximum absolute atomic E-state index is 4.31. The lowest BCUT2D eigenvalue weighted by Gasteiger charge is -2.11. The van der Waals surface area contributed by atoms with E-state index in [1.54, 1.807) is 0 Å². The standard InChI is InChI=1S/C13H14N2/c1-2-5-10(6-3-1)12-9-15-13-11(12)7-4-8-14-13/h4-5,7-9H,1-3,6H2,(H,14,15). The van der Waals surface area contributed by atoms with Gasteiger partial charge in [-0.2, -0.15) is 0 Å². The fourth-order valence-corrected chi connectivity index (χ4v) is 2.30. The molecule has 0 atom stereocenters. The van der Waals surface area contributed by atoms with Crippen LogP contribution in [0, 0.1) is 0 Å². The topological polar surface area (TPSA) is 28.7 Å². The molecule has 2 aromatic rings. The van der Waals surface area contributed by atoms with E-state index in [9.17, 15) is 0 Å². The molecule has 1 aliphatic carbocycles. The van der Waals surface area contributed by atoms with E-state index in [0.29, 0.717) is 0 Å². The summed E-state index contributed by atoms with van der Waals surface area (Å²) in [6.45, 7) is 0. The average molecular weight is 198 g/mol. The number of nitrogens with zero attached hydrogens (tertiary/aromatic N) is 1. The van der Waals surface area contributed by atoms with Gasteiger partial charge in [-0.3, -0.25) is 0 Å². The molecule has 2 nitrogen and oxygen atoms in total. The Hall–Kier alpha value is -1.57. The van der Waals surface area contributed by atoms with Gasteiger partial charge in [0.25, 0.3) is 0 Å². The number of fused-ring (bicyclic) bond motifs is 1. The van der Waals surface area contributed by atoms with Crippen LogP contribution in [0.3, 0.4) is 0 Å². The Balaban J connectivity index is 2.14. The number of aromatic nitrogens is 2. The van der Waals surface area contributed by atoms with Crippen LogP contribution in [0.1, 0.15) is 31.2 Å². The van der Waals surface area contributed by atoms with Crippen molar-refractivity contribution in [3.05, 3.63) is 36.2 Å². The first-order chi connectivity index (χ1) is 7.45. The van der Waals surface area contributed by atoms with Crippen molar-refractivity contribution in [1.29, 1.82) is 0 Å². The molecule has 76 valence electrons. The molecule has 2 heterocycles. The van der Waals surface area contributed by atoms with Gasteiger partial charge in [0.1, 0.15) is 5.65 Å². The molecule has 2 heteroatoms. The second-order valence-corrected chi connectivity index (χ2v) is 4.08. The molecular weight excluding hydrogens is 184 g/mol. The van der Waals surface area contributed by atoms with Gasteiger partial charge in [0.15, 0.2) is 0 Å². The zero-order valence-electron chi connectivity index (χ0n) is 8.66. The van der Waals surface area contributed by atoms with E-state index in [1.165, 1.54) is 42.2 Å². The van der Waals surface area contributed by atoms with Gasteiger partial charge in [0.05, 0.1) is 0 Å². The van der Waals surface area contributed by atoms with Crippen LogP contribution in [0.5, 0.6) is 0 Å². The van der Waals surface area contributed by atoms with Crippen molar-refractivity contribution in [2.45, 2.75) is 25.7 Å². The summed E-state index contributed by atoms with van der Waals surface area (Å²) in [7, 11) is 0. The lowest BCUT2D eigenvalue weighted by Crippen LogP contribution is -1.90. The van der Waals surface area contributed by atoms with E-state index in [4.69, 9.17) is 0 Å². The molecule has 0 saturated heterocycles. The summed E-state index contributed by atoms with van der Waals surface area (Å²) in [4.78, 5) is 7.55. The highest BCUT2D eigenvalue weighted by Crippen LogP contribution is 2.30. The first-order valence-corrected chi connectivity index (χ1v) is 5.56. The fraction of sp³-hybridized carbons (Fsp3) is 0.308. The van der Waals surface area contributed by atoms with Crippen LogP contribution in [0.4, 0.5) is 0 Å².